The van der Waals surface area contributed by atoms with E-state index >= 15 is 0 Å². The van der Waals surface area contributed by atoms with E-state index in [9.17, 15) is 23.8 Å². The van der Waals surface area contributed by atoms with Gasteiger partial charge in [-0.15, -0.1) is 0 Å². The maximum absolute atomic E-state index is 12.6. The van der Waals surface area contributed by atoms with Gasteiger partial charge in [0.1, 0.15) is 10.7 Å². The molecule has 0 nitrogen and oxygen atoms in total. The van der Waals surface area contributed by atoms with Crippen LogP contribution in [-0.2, 0) is 0 Å². The van der Waals surface area contributed by atoms with E-state index in [2.05, 4.69) is 0 Å². The van der Waals surface area contributed by atoms with Gasteiger partial charge in [0, 0.05) is 0 Å². The van der Waals surface area contributed by atoms with Gasteiger partial charge in [-0.05, 0) is 24.6 Å². The second-order valence-corrected chi connectivity index (χ2v) is 5.29. The average Bonchev–Trinajstić information content (AvgIpc) is 1.89. The topological polar surface area (TPSA) is 0 Å². The second-order valence-electron chi connectivity index (χ2n) is 2.88. The molecule has 0 aliphatic carbocycles. The molecule has 0 saturated carbocycles. The fraction of sp³-hybridized carbons (Fsp3) is 0.143. The predicted molar refractivity (Wildman–Crippen MR) is 42.5 cm³/mol. The summed E-state index contributed by atoms with van der Waals surface area (Å²) >= 11 is 0. The summed E-state index contributed by atoms with van der Waals surface area (Å²) in [7, 11) is -9.73. The largest absolute Gasteiger partial charge is 0.310 e. The van der Waals surface area contributed by atoms with Crippen molar-refractivity contribution in [2.24, 2.45) is 0 Å². The quantitative estimate of drug-likeness (QED) is 0.615. The first-order valence-electron chi connectivity index (χ1n) is 3.40. The van der Waals surface area contributed by atoms with Gasteiger partial charge in [0.15, 0.2) is 0 Å². The van der Waals surface area contributed by atoms with Crippen LogP contribution in [0, 0.1) is 12.7 Å². The van der Waals surface area contributed by atoms with Crippen LogP contribution in [0.2, 0.25) is 0 Å². The van der Waals surface area contributed by atoms with E-state index in [0.717, 1.165) is 0 Å². The zero-order valence-electron chi connectivity index (χ0n) is 6.91. The lowest BCUT2D eigenvalue weighted by atomic mass is 10.2. The maximum atomic E-state index is 12.6. The first-order chi connectivity index (χ1) is 5.90. The van der Waals surface area contributed by atoms with Crippen LogP contribution >= 0.6 is 10.2 Å². The third-order valence-corrected chi connectivity index (χ3v) is 2.73. The molecule has 0 N–H and O–H groups in total. The predicted octanol–water partition coefficient (Wildman–Crippen LogP) is 4.79. The van der Waals surface area contributed by atoms with Crippen molar-refractivity contribution in [3.8, 4) is 0 Å². The lowest BCUT2D eigenvalue weighted by Crippen LogP contribution is -2.06. The lowest BCUT2D eigenvalue weighted by molar-refractivity contribution is 0.363. The molecule has 0 unspecified atom stereocenters. The summed E-state index contributed by atoms with van der Waals surface area (Å²) in [6, 6.07) is 0.666. The van der Waals surface area contributed by atoms with Crippen molar-refractivity contribution < 1.29 is 23.8 Å². The Kier molecular flexibility index (Phi) is 1.77. The Hall–Kier alpha value is -0.850. The Bertz CT molecular complexity index is 378. The Labute approximate surface area is 76.3 Å². The van der Waals surface area contributed by atoms with E-state index in [1.165, 1.54) is 6.92 Å². The minimum atomic E-state index is -9.73. The van der Waals surface area contributed by atoms with E-state index in [1.54, 1.807) is 0 Å². The molecule has 1 aromatic carbocycles. The highest BCUT2D eigenvalue weighted by atomic mass is 32.5. The van der Waals surface area contributed by atoms with Crippen LogP contribution < -0.4 is 0 Å². The summed E-state index contributed by atoms with van der Waals surface area (Å²) in [6.07, 6.45) is 0. The average molecular weight is 236 g/mol. The van der Waals surface area contributed by atoms with Crippen molar-refractivity contribution in [3.05, 3.63) is 29.6 Å². The first-order valence-corrected chi connectivity index (χ1v) is 5.35. The standard InChI is InChI=1S/C7H6F6S/c1-5-2-3-6(4-7(5)8)14(9,10,11,12)13/h2-4H,1H3. The molecule has 0 aromatic heterocycles. The smallest absolute Gasteiger partial charge is 0.207 e. The molecule has 82 valence electrons. The van der Waals surface area contributed by atoms with Gasteiger partial charge >= 0.3 is 10.2 Å². The summed E-state index contributed by atoms with van der Waals surface area (Å²) in [6.45, 7) is 1.19. The molecule has 0 saturated heterocycles. The molecule has 0 atom stereocenters. The van der Waals surface area contributed by atoms with E-state index in [4.69, 9.17) is 0 Å². The first kappa shape index (κ1) is 11.2. The second kappa shape index (κ2) is 2.21. The number of benzene rings is 1. The van der Waals surface area contributed by atoms with Crippen molar-refractivity contribution in [2.75, 3.05) is 0 Å². The zero-order chi connectivity index (χ0) is 11.3. The molecule has 0 bridgehead atoms. The van der Waals surface area contributed by atoms with Crippen molar-refractivity contribution in [3.63, 3.8) is 0 Å². The van der Waals surface area contributed by atoms with E-state index in [1.807, 2.05) is 0 Å². The highest BCUT2D eigenvalue weighted by molar-refractivity contribution is 8.45. The van der Waals surface area contributed by atoms with Gasteiger partial charge in [-0.25, -0.2) is 4.39 Å². The Morgan fingerprint density at radius 2 is 1.50 bits per heavy atom. The Balaban J connectivity index is 3.45. The molecule has 0 aliphatic heterocycles. The van der Waals surface area contributed by atoms with Crippen molar-refractivity contribution in [1.82, 2.24) is 0 Å². The SMILES string of the molecule is Cc1ccc(S(F)(F)(F)(F)F)cc1F. The third-order valence-electron chi connectivity index (χ3n) is 1.59. The van der Waals surface area contributed by atoms with Gasteiger partial charge in [-0.2, -0.15) is 0 Å². The minimum Gasteiger partial charge on any atom is -0.207 e. The van der Waals surface area contributed by atoms with Crippen LogP contribution in [0.15, 0.2) is 23.1 Å². The van der Waals surface area contributed by atoms with E-state index in [0.29, 0.717) is 6.07 Å². The normalized spacial score (nSPS) is 17.4. The van der Waals surface area contributed by atoms with E-state index < -0.39 is 20.9 Å². The molecule has 0 radical (unpaired) electrons. The Morgan fingerprint density at radius 3 is 1.86 bits per heavy atom. The summed E-state index contributed by atoms with van der Waals surface area (Å²) in [4.78, 5) is -2.20. The van der Waals surface area contributed by atoms with Crippen LogP contribution in [0.4, 0.5) is 23.8 Å². The molecule has 0 amide bonds. The number of hydrogen-bond donors (Lipinski definition) is 0. The monoisotopic (exact) mass is 236 g/mol. The molecule has 14 heavy (non-hydrogen) atoms. The molecule has 0 fully saturated rings. The molecule has 1 aromatic rings. The van der Waals surface area contributed by atoms with E-state index in [-0.39, 0.29) is 17.7 Å². The van der Waals surface area contributed by atoms with Crippen LogP contribution in [0.3, 0.4) is 0 Å². The van der Waals surface area contributed by atoms with Crippen molar-refractivity contribution >= 4 is 10.2 Å². The number of aryl methyl sites for hydroxylation is 1. The van der Waals surface area contributed by atoms with Gasteiger partial charge < -0.3 is 0 Å². The fourth-order valence-electron chi connectivity index (χ4n) is 0.814. The van der Waals surface area contributed by atoms with Crippen molar-refractivity contribution in [1.29, 1.82) is 0 Å². The van der Waals surface area contributed by atoms with Crippen LogP contribution in [0.25, 0.3) is 0 Å². The number of halogens is 6. The molecule has 0 aliphatic rings. The summed E-state index contributed by atoms with van der Waals surface area (Å²) in [5.74, 6) is -1.30. The molecular formula is C7H6F6S. The molecule has 7 heteroatoms. The lowest BCUT2D eigenvalue weighted by Gasteiger charge is -2.40. The third kappa shape index (κ3) is 2.34. The van der Waals surface area contributed by atoms with Crippen LogP contribution in [-0.4, -0.2) is 0 Å². The molecular weight excluding hydrogens is 230 g/mol. The summed E-state index contributed by atoms with van der Waals surface area (Å²) in [5, 5.41) is 0. The molecule has 0 spiro atoms. The molecule has 0 heterocycles. The van der Waals surface area contributed by atoms with Gasteiger partial charge in [0.25, 0.3) is 0 Å². The molecule has 1 rings (SSSR count). The highest BCUT2D eigenvalue weighted by Gasteiger charge is 2.65. The van der Waals surface area contributed by atoms with Gasteiger partial charge in [0.05, 0.1) is 0 Å². The fourth-order valence-corrected chi connectivity index (χ4v) is 1.46. The summed E-state index contributed by atoms with van der Waals surface area (Å²) in [5.41, 5.74) is -0.115. The zero-order valence-corrected chi connectivity index (χ0v) is 7.72. The van der Waals surface area contributed by atoms with Crippen LogP contribution in [0.5, 0.6) is 0 Å². The number of rotatable bonds is 1. The number of hydrogen-bond acceptors (Lipinski definition) is 0. The van der Waals surface area contributed by atoms with Gasteiger partial charge in [-0.1, -0.05) is 25.5 Å². The van der Waals surface area contributed by atoms with Gasteiger partial charge in [0.2, 0.25) is 0 Å². The summed E-state index contributed by atoms with van der Waals surface area (Å²) < 4.78 is 73.1. The van der Waals surface area contributed by atoms with Gasteiger partial charge in [-0.3, -0.25) is 0 Å². The maximum Gasteiger partial charge on any atom is 0.310 e. The van der Waals surface area contributed by atoms with Crippen LogP contribution in [0.1, 0.15) is 5.56 Å². The minimum absolute atomic E-state index is 0.115. The highest BCUT2D eigenvalue weighted by Crippen LogP contribution is 3.02. The Morgan fingerprint density at radius 1 is 1.00 bits per heavy atom. The van der Waals surface area contributed by atoms with Crippen molar-refractivity contribution in [2.45, 2.75) is 11.8 Å².